The number of ether oxygens (including phenoxy) is 1. The minimum Gasteiger partial charge on any atom is -0.495 e. The molecule has 1 unspecified atom stereocenters. The summed E-state index contributed by atoms with van der Waals surface area (Å²) in [6, 6.07) is 2.11. The van der Waals surface area contributed by atoms with Gasteiger partial charge in [0.2, 0.25) is 0 Å². The van der Waals surface area contributed by atoms with Crippen molar-refractivity contribution in [2.24, 2.45) is 5.73 Å². The van der Waals surface area contributed by atoms with E-state index in [-0.39, 0.29) is 12.8 Å². The molecule has 100 valence electrons. The molecule has 18 heavy (non-hydrogen) atoms. The Morgan fingerprint density at radius 1 is 1.61 bits per heavy atom. The van der Waals surface area contributed by atoms with Gasteiger partial charge < -0.3 is 15.6 Å². The number of nitrogens with two attached hydrogens (primary N) is 1. The third-order valence-electron chi connectivity index (χ3n) is 2.54. The highest BCUT2D eigenvalue weighted by Gasteiger charge is 2.18. The Bertz CT molecular complexity index is 440. The van der Waals surface area contributed by atoms with Crippen LogP contribution in [0.2, 0.25) is 0 Å². The highest BCUT2D eigenvalue weighted by molar-refractivity contribution is 7.98. The van der Waals surface area contributed by atoms with Gasteiger partial charge in [-0.1, -0.05) is 0 Å². The highest BCUT2D eigenvalue weighted by atomic mass is 32.2. The molecule has 0 aliphatic heterocycles. The van der Waals surface area contributed by atoms with E-state index in [0.29, 0.717) is 16.2 Å². The molecule has 0 radical (unpaired) electrons. The van der Waals surface area contributed by atoms with Gasteiger partial charge in [-0.05, 0) is 24.8 Å². The zero-order chi connectivity index (χ0) is 13.7. The molecule has 0 aliphatic carbocycles. The fourth-order valence-electron chi connectivity index (χ4n) is 1.67. The highest BCUT2D eigenvalue weighted by Crippen LogP contribution is 2.36. The predicted octanol–water partition coefficient (Wildman–Crippen LogP) is 2.42. The van der Waals surface area contributed by atoms with Crippen molar-refractivity contribution < 1.29 is 19.0 Å². The molecule has 6 heteroatoms. The van der Waals surface area contributed by atoms with E-state index in [2.05, 4.69) is 0 Å². The predicted molar refractivity (Wildman–Crippen MR) is 68.5 cm³/mol. The number of rotatable bonds is 6. The maximum absolute atomic E-state index is 13.4. The monoisotopic (exact) mass is 273 g/mol. The van der Waals surface area contributed by atoms with Crippen molar-refractivity contribution in [3.05, 3.63) is 23.5 Å². The zero-order valence-electron chi connectivity index (χ0n) is 10.3. The van der Waals surface area contributed by atoms with E-state index in [1.54, 1.807) is 0 Å². The van der Waals surface area contributed by atoms with Crippen molar-refractivity contribution in [2.75, 3.05) is 13.4 Å². The molecule has 0 bridgehead atoms. The summed E-state index contributed by atoms with van der Waals surface area (Å²) in [7, 11) is 1.49. The average Bonchev–Trinajstić information content (AvgIpc) is 2.34. The molecule has 4 nitrogen and oxygen atoms in total. The molecule has 3 N–H and O–H groups in total. The lowest BCUT2D eigenvalue weighted by molar-refractivity contribution is -0.137. The van der Waals surface area contributed by atoms with Crippen LogP contribution in [0.3, 0.4) is 0 Å². The molecule has 1 rings (SSSR count). The Hall–Kier alpha value is -1.27. The first-order valence-electron chi connectivity index (χ1n) is 5.38. The molecule has 0 heterocycles. The molecule has 0 aliphatic rings. The Morgan fingerprint density at radius 2 is 2.28 bits per heavy atom. The first kappa shape index (κ1) is 14.8. The largest absolute Gasteiger partial charge is 0.495 e. The molecule has 0 aromatic heterocycles. The fraction of sp³-hybridized carbons (Fsp3) is 0.417. The smallest absolute Gasteiger partial charge is 0.303 e. The molecule has 0 amide bonds. The maximum Gasteiger partial charge on any atom is 0.303 e. The summed E-state index contributed by atoms with van der Waals surface area (Å²) in [4.78, 5) is 11.2. The second-order valence-electron chi connectivity index (χ2n) is 3.77. The Kier molecular flexibility index (Phi) is 5.43. The first-order valence-corrected chi connectivity index (χ1v) is 6.60. The van der Waals surface area contributed by atoms with Gasteiger partial charge in [0.05, 0.1) is 12.0 Å². The molecular formula is C12H16FNO3S. The Balaban J connectivity index is 3.05. The summed E-state index contributed by atoms with van der Waals surface area (Å²) in [5.74, 6) is -0.811. The van der Waals surface area contributed by atoms with Crippen LogP contribution in [0.1, 0.15) is 24.4 Å². The van der Waals surface area contributed by atoms with Crippen molar-refractivity contribution in [1.82, 2.24) is 0 Å². The minimum absolute atomic E-state index is 0.0601. The van der Waals surface area contributed by atoms with Crippen LogP contribution in [0.25, 0.3) is 0 Å². The van der Waals surface area contributed by atoms with Crippen LogP contribution in [0.5, 0.6) is 5.75 Å². The molecule has 1 aromatic carbocycles. The van der Waals surface area contributed by atoms with Crippen LogP contribution in [-0.2, 0) is 4.79 Å². The number of aliphatic carboxylic acids is 1. The van der Waals surface area contributed by atoms with Crippen LogP contribution < -0.4 is 10.5 Å². The van der Waals surface area contributed by atoms with E-state index < -0.39 is 17.8 Å². The van der Waals surface area contributed by atoms with Crippen LogP contribution in [0.15, 0.2) is 17.0 Å². The van der Waals surface area contributed by atoms with E-state index in [1.807, 2.05) is 6.26 Å². The van der Waals surface area contributed by atoms with Crippen molar-refractivity contribution in [3.63, 3.8) is 0 Å². The lowest BCUT2D eigenvalue weighted by Gasteiger charge is -2.17. The van der Waals surface area contributed by atoms with Gasteiger partial charge >= 0.3 is 5.97 Å². The first-order chi connectivity index (χ1) is 8.49. The van der Waals surface area contributed by atoms with E-state index >= 15 is 0 Å². The van der Waals surface area contributed by atoms with Crippen LogP contribution in [0, 0.1) is 5.82 Å². The number of carboxylic acid groups (broad SMARTS) is 1. The van der Waals surface area contributed by atoms with Gasteiger partial charge in [0, 0.05) is 18.0 Å². The van der Waals surface area contributed by atoms with Gasteiger partial charge in [-0.3, -0.25) is 4.79 Å². The van der Waals surface area contributed by atoms with E-state index in [0.717, 1.165) is 0 Å². The van der Waals surface area contributed by atoms with Crippen LogP contribution in [-0.4, -0.2) is 24.4 Å². The van der Waals surface area contributed by atoms with Gasteiger partial charge in [-0.2, -0.15) is 0 Å². The molecule has 0 spiro atoms. The summed E-state index contributed by atoms with van der Waals surface area (Å²) < 4.78 is 18.7. The van der Waals surface area contributed by atoms with Crippen molar-refractivity contribution >= 4 is 17.7 Å². The third-order valence-corrected chi connectivity index (χ3v) is 3.28. The summed E-state index contributed by atoms with van der Waals surface area (Å²) in [5, 5.41) is 8.63. The Morgan fingerprint density at radius 3 is 2.78 bits per heavy atom. The number of thioether (sulfide) groups is 1. The van der Waals surface area contributed by atoms with Crippen molar-refractivity contribution in [1.29, 1.82) is 0 Å². The summed E-state index contributed by atoms with van der Waals surface area (Å²) in [5.41, 5.74) is 6.40. The van der Waals surface area contributed by atoms with Crippen molar-refractivity contribution in [2.45, 2.75) is 23.8 Å². The molecule has 0 saturated heterocycles. The van der Waals surface area contributed by atoms with E-state index in [1.165, 1.54) is 31.0 Å². The van der Waals surface area contributed by atoms with E-state index in [4.69, 9.17) is 15.6 Å². The van der Waals surface area contributed by atoms with E-state index in [9.17, 15) is 9.18 Å². The topological polar surface area (TPSA) is 72.5 Å². The normalized spacial score (nSPS) is 12.2. The average molecular weight is 273 g/mol. The van der Waals surface area contributed by atoms with Crippen LogP contribution >= 0.6 is 11.8 Å². The molecule has 1 atom stereocenters. The third kappa shape index (κ3) is 3.61. The summed E-state index contributed by atoms with van der Waals surface area (Å²) in [6.45, 7) is 0. The zero-order valence-corrected chi connectivity index (χ0v) is 11.1. The number of methoxy groups -OCH3 is 1. The summed E-state index contributed by atoms with van der Waals surface area (Å²) >= 11 is 1.35. The standard InChI is InChI=1S/C12H16FNO3S/c1-17-12-8(9(14)3-4-11(15)16)5-7(13)6-10(12)18-2/h5-6,9H,3-4,14H2,1-2H3,(H,15,16). The lowest BCUT2D eigenvalue weighted by atomic mass is 10.0. The number of carboxylic acids is 1. The number of benzene rings is 1. The van der Waals surface area contributed by atoms with Gasteiger partial charge in [-0.25, -0.2) is 4.39 Å². The minimum atomic E-state index is -0.925. The number of hydrogen-bond acceptors (Lipinski definition) is 4. The number of hydrogen-bond donors (Lipinski definition) is 2. The second-order valence-corrected chi connectivity index (χ2v) is 4.62. The van der Waals surface area contributed by atoms with Crippen LogP contribution in [0.4, 0.5) is 4.39 Å². The molecule has 0 fully saturated rings. The summed E-state index contributed by atoms with van der Waals surface area (Å²) in [6.07, 6.45) is 1.99. The molecule has 0 saturated carbocycles. The maximum atomic E-state index is 13.4. The van der Waals surface area contributed by atoms with Gasteiger partial charge in [0.25, 0.3) is 0 Å². The molecular weight excluding hydrogens is 257 g/mol. The number of carbonyl (C=O) groups is 1. The SMILES string of the molecule is COc1c(SC)cc(F)cc1C(N)CCC(=O)O. The van der Waals surface area contributed by atoms with Gasteiger partial charge in [-0.15, -0.1) is 11.8 Å². The van der Waals surface area contributed by atoms with Crippen molar-refractivity contribution in [3.8, 4) is 5.75 Å². The molecule has 1 aromatic rings. The lowest BCUT2D eigenvalue weighted by Crippen LogP contribution is -2.14. The second kappa shape index (κ2) is 6.61. The number of halogens is 1. The Labute approximate surface area is 109 Å². The van der Waals surface area contributed by atoms with Gasteiger partial charge in [0.1, 0.15) is 11.6 Å². The fourth-order valence-corrected chi connectivity index (χ4v) is 2.29. The quantitative estimate of drug-likeness (QED) is 0.779. The van der Waals surface area contributed by atoms with Gasteiger partial charge in [0.15, 0.2) is 0 Å².